The van der Waals surface area contributed by atoms with Crippen LogP contribution in [0.5, 0.6) is 0 Å². The fraction of sp³-hybridized carbons (Fsp3) is 0.0455. The molecule has 4 rings (SSSR count). The van der Waals surface area contributed by atoms with Gasteiger partial charge in [-0.25, -0.2) is 23.5 Å². The predicted molar refractivity (Wildman–Crippen MR) is 116 cm³/mol. The van der Waals surface area contributed by atoms with Gasteiger partial charge in [-0.1, -0.05) is 42.5 Å². The number of aromatic nitrogens is 2. The Morgan fingerprint density at radius 2 is 1.67 bits per heavy atom. The average molecular weight is 418 g/mol. The van der Waals surface area contributed by atoms with Gasteiger partial charge in [0, 0.05) is 28.4 Å². The minimum atomic E-state index is -3.75. The monoisotopic (exact) mass is 418 g/mol. The van der Waals surface area contributed by atoms with Crippen LogP contribution >= 0.6 is 0 Å². The SMILES string of the molecule is CC(=O)c1ccc(-c2cccc3cnc(Nc4ccc(S(N)(=O)=O)cc4)nc23)cc1. The van der Waals surface area contributed by atoms with Crippen LogP contribution in [0.2, 0.25) is 0 Å². The topological polar surface area (TPSA) is 115 Å². The first-order chi connectivity index (χ1) is 14.3. The summed E-state index contributed by atoms with van der Waals surface area (Å²) < 4.78 is 22.8. The molecule has 0 fully saturated rings. The van der Waals surface area contributed by atoms with Gasteiger partial charge in [0.15, 0.2) is 5.78 Å². The van der Waals surface area contributed by atoms with Crippen LogP contribution in [0, 0.1) is 0 Å². The molecule has 1 aromatic heterocycles. The van der Waals surface area contributed by atoms with E-state index in [2.05, 4.69) is 15.3 Å². The van der Waals surface area contributed by atoms with Gasteiger partial charge < -0.3 is 5.32 Å². The van der Waals surface area contributed by atoms with Crippen molar-refractivity contribution >= 4 is 38.3 Å². The lowest BCUT2D eigenvalue weighted by atomic mass is 10.0. The maximum absolute atomic E-state index is 11.5. The maximum atomic E-state index is 11.5. The van der Waals surface area contributed by atoms with Crippen molar-refractivity contribution in [3.8, 4) is 11.1 Å². The Labute approximate surface area is 173 Å². The third-order valence-corrected chi connectivity index (χ3v) is 5.58. The molecule has 0 bridgehead atoms. The molecule has 0 aliphatic heterocycles. The van der Waals surface area contributed by atoms with Gasteiger partial charge >= 0.3 is 0 Å². The summed E-state index contributed by atoms with van der Waals surface area (Å²) in [4.78, 5) is 20.5. The van der Waals surface area contributed by atoms with E-state index in [1.807, 2.05) is 30.3 Å². The minimum Gasteiger partial charge on any atom is -0.324 e. The number of nitrogens with one attached hydrogen (secondary N) is 1. The smallest absolute Gasteiger partial charge is 0.238 e. The molecule has 30 heavy (non-hydrogen) atoms. The van der Waals surface area contributed by atoms with E-state index < -0.39 is 10.0 Å². The molecular formula is C22H18N4O3S. The second-order valence-corrected chi connectivity index (χ2v) is 8.33. The van der Waals surface area contributed by atoms with E-state index in [1.165, 1.54) is 19.1 Å². The quantitative estimate of drug-likeness (QED) is 0.475. The Kier molecular flexibility index (Phi) is 5.03. The van der Waals surface area contributed by atoms with Crippen molar-refractivity contribution in [1.82, 2.24) is 9.97 Å². The fourth-order valence-electron chi connectivity index (χ4n) is 3.09. The number of Topliss-reactive ketones (excluding diaryl/α,β-unsaturated/α-hetero) is 1. The number of primary sulfonamides is 1. The maximum Gasteiger partial charge on any atom is 0.238 e. The van der Waals surface area contributed by atoms with Crippen LogP contribution in [-0.2, 0) is 10.0 Å². The molecule has 0 unspecified atom stereocenters. The van der Waals surface area contributed by atoms with Gasteiger partial charge in [0.1, 0.15) is 0 Å². The van der Waals surface area contributed by atoms with Crippen molar-refractivity contribution in [3.05, 3.63) is 78.5 Å². The summed E-state index contributed by atoms with van der Waals surface area (Å²) in [6, 6.07) is 19.2. The van der Waals surface area contributed by atoms with E-state index in [1.54, 1.807) is 30.5 Å². The van der Waals surface area contributed by atoms with Crippen molar-refractivity contribution in [2.45, 2.75) is 11.8 Å². The number of rotatable bonds is 5. The summed E-state index contributed by atoms with van der Waals surface area (Å²) in [7, 11) is -3.75. The number of carbonyl (C=O) groups is 1. The Hall–Kier alpha value is -3.62. The van der Waals surface area contributed by atoms with Gasteiger partial charge in [-0.2, -0.15) is 0 Å². The van der Waals surface area contributed by atoms with Crippen LogP contribution in [0.3, 0.4) is 0 Å². The van der Waals surface area contributed by atoms with Gasteiger partial charge in [-0.05, 0) is 36.8 Å². The molecule has 1 heterocycles. The minimum absolute atomic E-state index is 0.0155. The molecule has 150 valence electrons. The molecule has 4 aromatic rings. The number of sulfonamides is 1. The molecule has 0 atom stereocenters. The lowest BCUT2D eigenvalue weighted by Gasteiger charge is -2.10. The van der Waals surface area contributed by atoms with E-state index >= 15 is 0 Å². The first kappa shape index (κ1) is 19.7. The molecule has 3 N–H and O–H groups in total. The molecule has 0 aliphatic carbocycles. The van der Waals surface area contributed by atoms with Gasteiger partial charge in [0.25, 0.3) is 0 Å². The zero-order valence-electron chi connectivity index (χ0n) is 16.0. The van der Waals surface area contributed by atoms with E-state index in [0.717, 1.165) is 22.0 Å². The van der Waals surface area contributed by atoms with Crippen molar-refractivity contribution in [1.29, 1.82) is 0 Å². The summed E-state index contributed by atoms with van der Waals surface area (Å²) in [6.07, 6.45) is 1.72. The molecule has 0 spiro atoms. The van der Waals surface area contributed by atoms with Crippen LogP contribution in [0.1, 0.15) is 17.3 Å². The van der Waals surface area contributed by atoms with Crippen LogP contribution < -0.4 is 10.5 Å². The van der Waals surface area contributed by atoms with Crippen molar-refractivity contribution in [2.24, 2.45) is 5.14 Å². The highest BCUT2D eigenvalue weighted by atomic mass is 32.2. The highest BCUT2D eigenvalue weighted by molar-refractivity contribution is 7.89. The van der Waals surface area contributed by atoms with Crippen LogP contribution in [0.15, 0.2) is 77.8 Å². The average Bonchev–Trinajstić information content (AvgIpc) is 2.73. The third kappa shape index (κ3) is 4.05. The molecule has 0 saturated heterocycles. The van der Waals surface area contributed by atoms with Crippen molar-refractivity contribution in [2.75, 3.05) is 5.32 Å². The summed E-state index contributed by atoms with van der Waals surface area (Å²) in [6.45, 7) is 1.54. The number of carbonyl (C=O) groups excluding carboxylic acids is 1. The largest absolute Gasteiger partial charge is 0.324 e. The second kappa shape index (κ2) is 7.66. The first-order valence-corrected chi connectivity index (χ1v) is 10.6. The summed E-state index contributed by atoms with van der Waals surface area (Å²) in [5.74, 6) is 0.389. The summed E-state index contributed by atoms with van der Waals surface area (Å²) in [5, 5.41) is 9.08. The highest BCUT2D eigenvalue weighted by Gasteiger charge is 2.10. The zero-order valence-corrected chi connectivity index (χ0v) is 16.8. The number of anilines is 2. The number of hydrogen-bond donors (Lipinski definition) is 2. The number of ketones is 1. The number of benzene rings is 3. The van der Waals surface area contributed by atoms with Gasteiger partial charge in [-0.15, -0.1) is 0 Å². The number of nitrogens with two attached hydrogens (primary N) is 1. The van der Waals surface area contributed by atoms with Crippen LogP contribution in [-0.4, -0.2) is 24.2 Å². The standard InChI is InChI=1S/C22H18N4O3S/c1-14(27)15-5-7-16(8-6-15)20-4-2-3-17-13-24-22(26-21(17)20)25-18-9-11-19(12-10-18)30(23,28)29/h2-13H,1H3,(H2,23,28,29)(H,24,25,26). The van der Waals surface area contributed by atoms with E-state index in [9.17, 15) is 13.2 Å². The second-order valence-electron chi connectivity index (χ2n) is 6.76. The first-order valence-electron chi connectivity index (χ1n) is 9.08. The van der Waals surface area contributed by atoms with E-state index in [4.69, 9.17) is 5.14 Å². The number of hydrogen-bond acceptors (Lipinski definition) is 6. The molecular weight excluding hydrogens is 400 g/mol. The predicted octanol–water partition coefficient (Wildman–Crippen LogP) is 3.89. The molecule has 8 heteroatoms. The summed E-state index contributed by atoms with van der Waals surface area (Å²) >= 11 is 0. The van der Waals surface area contributed by atoms with Crippen molar-refractivity contribution < 1.29 is 13.2 Å². The molecule has 0 aliphatic rings. The molecule has 3 aromatic carbocycles. The number of nitrogens with zero attached hydrogens (tertiary/aromatic N) is 2. The molecule has 0 saturated carbocycles. The zero-order chi connectivity index (χ0) is 21.3. The van der Waals surface area contributed by atoms with Gasteiger partial charge in [0.05, 0.1) is 10.4 Å². The lowest BCUT2D eigenvalue weighted by Crippen LogP contribution is -2.11. The van der Waals surface area contributed by atoms with E-state index in [-0.39, 0.29) is 10.7 Å². The highest BCUT2D eigenvalue weighted by Crippen LogP contribution is 2.28. The van der Waals surface area contributed by atoms with Crippen LogP contribution in [0.4, 0.5) is 11.6 Å². The summed E-state index contributed by atoms with van der Waals surface area (Å²) in [5.41, 5.74) is 3.89. The fourth-order valence-corrected chi connectivity index (χ4v) is 3.61. The number of fused-ring (bicyclic) bond motifs is 1. The molecule has 0 radical (unpaired) electrons. The molecule has 0 amide bonds. The van der Waals surface area contributed by atoms with Gasteiger partial charge in [-0.3, -0.25) is 4.79 Å². The third-order valence-electron chi connectivity index (χ3n) is 4.65. The lowest BCUT2D eigenvalue weighted by molar-refractivity contribution is 0.101. The molecule has 7 nitrogen and oxygen atoms in total. The number of para-hydroxylation sites is 1. The Bertz CT molecular complexity index is 1350. The Morgan fingerprint density at radius 3 is 2.30 bits per heavy atom. The van der Waals surface area contributed by atoms with Crippen molar-refractivity contribution in [3.63, 3.8) is 0 Å². The Balaban J connectivity index is 1.70. The Morgan fingerprint density at radius 1 is 0.967 bits per heavy atom. The van der Waals surface area contributed by atoms with Gasteiger partial charge in [0.2, 0.25) is 16.0 Å². The van der Waals surface area contributed by atoms with Crippen LogP contribution in [0.25, 0.3) is 22.0 Å². The van der Waals surface area contributed by atoms with E-state index in [0.29, 0.717) is 17.2 Å². The normalized spacial score (nSPS) is 11.4.